The zero-order chi connectivity index (χ0) is 20.2. The molecule has 1 aliphatic rings. The summed E-state index contributed by atoms with van der Waals surface area (Å²) >= 11 is 0. The first kappa shape index (κ1) is 18.7. The maximum absolute atomic E-state index is 12.2. The fraction of sp³-hybridized carbons (Fsp3) is 0.300. The summed E-state index contributed by atoms with van der Waals surface area (Å²) < 4.78 is 0. The summed E-state index contributed by atoms with van der Waals surface area (Å²) in [6.07, 6.45) is 5.21. The Balaban J connectivity index is 1.16. The van der Waals surface area contributed by atoms with Gasteiger partial charge in [-0.2, -0.15) is 0 Å². The Bertz CT molecular complexity index is 1010. The number of hydrogen-bond donors (Lipinski definition) is 2. The molecule has 0 atom stereocenters. The number of imidazole rings is 1. The zero-order valence-corrected chi connectivity index (χ0v) is 15.7. The number of unbranched alkanes of at least 4 members (excludes halogenated alkanes) is 2. The highest BCUT2D eigenvalue weighted by Gasteiger charge is 2.37. The molecule has 29 heavy (non-hydrogen) atoms. The van der Waals surface area contributed by atoms with Crippen LogP contribution in [-0.2, 0) is 11.3 Å². The van der Waals surface area contributed by atoms with Crippen LogP contribution in [-0.4, -0.2) is 49.1 Å². The average molecular weight is 392 g/mol. The molecule has 0 aliphatic carbocycles. The van der Waals surface area contributed by atoms with E-state index < -0.39 is 11.8 Å². The molecule has 0 fully saturated rings. The quantitative estimate of drug-likeness (QED) is 0.446. The minimum absolute atomic E-state index is 0.0559. The third-order valence-corrected chi connectivity index (χ3v) is 4.77. The van der Waals surface area contributed by atoms with Crippen LogP contribution in [0.25, 0.3) is 11.0 Å². The lowest BCUT2D eigenvalue weighted by Gasteiger charge is -2.12. The normalized spacial score (nSPS) is 13.2. The van der Waals surface area contributed by atoms with Gasteiger partial charge in [-0.25, -0.2) is 15.0 Å². The number of nitrogens with zero attached hydrogens (tertiary/aromatic N) is 4. The SMILES string of the molecule is O=C(CCCCCN1C(=O)c2nccnc2C1=O)NCc1nc2ccccc2[nH]1. The molecule has 9 heteroatoms. The van der Waals surface area contributed by atoms with E-state index in [1.807, 2.05) is 24.3 Å². The van der Waals surface area contributed by atoms with Crippen LogP contribution >= 0.6 is 0 Å². The number of imide groups is 1. The van der Waals surface area contributed by atoms with Crippen molar-refractivity contribution in [3.05, 3.63) is 53.9 Å². The molecule has 4 rings (SSSR count). The molecule has 0 spiro atoms. The van der Waals surface area contributed by atoms with Crippen molar-refractivity contribution < 1.29 is 14.4 Å². The Morgan fingerprint density at radius 3 is 2.45 bits per heavy atom. The molecule has 148 valence electrons. The fourth-order valence-electron chi connectivity index (χ4n) is 3.29. The molecule has 3 amide bonds. The topological polar surface area (TPSA) is 121 Å². The van der Waals surface area contributed by atoms with Crippen molar-refractivity contribution in [2.24, 2.45) is 0 Å². The first-order valence-corrected chi connectivity index (χ1v) is 9.51. The number of fused-ring (bicyclic) bond motifs is 2. The molecule has 0 radical (unpaired) electrons. The molecular formula is C20H20N6O3. The van der Waals surface area contributed by atoms with E-state index in [-0.39, 0.29) is 17.3 Å². The third-order valence-electron chi connectivity index (χ3n) is 4.77. The van der Waals surface area contributed by atoms with E-state index >= 15 is 0 Å². The summed E-state index contributed by atoms with van der Waals surface area (Å²) in [6, 6.07) is 7.70. The zero-order valence-electron chi connectivity index (χ0n) is 15.7. The lowest BCUT2D eigenvalue weighted by Crippen LogP contribution is -2.31. The molecule has 3 heterocycles. The largest absolute Gasteiger partial charge is 0.349 e. The Hall–Kier alpha value is -3.62. The van der Waals surface area contributed by atoms with E-state index in [2.05, 4.69) is 25.3 Å². The van der Waals surface area contributed by atoms with Crippen molar-refractivity contribution in [1.82, 2.24) is 30.2 Å². The smallest absolute Gasteiger partial charge is 0.281 e. The van der Waals surface area contributed by atoms with Gasteiger partial charge in [-0.1, -0.05) is 18.6 Å². The maximum atomic E-state index is 12.2. The molecule has 1 aliphatic heterocycles. The third kappa shape index (κ3) is 3.98. The van der Waals surface area contributed by atoms with E-state index in [1.54, 1.807) is 0 Å². The molecule has 0 saturated carbocycles. The summed E-state index contributed by atoms with van der Waals surface area (Å²) in [4.78, 5) is 53.0. The number of hydrogen-bond acceptors (Lipinski definition) is 6. The van der Waals surface area contributed by atoms with Crippen LogP contribution in [0.4, 0.5) is 0 Å². The highest BCUT2D eigenvalue weighted by Crippen LogP contribution is 2.19. The van der Waals surface area contributed by atoms with Crippen molar-refractivity contribution in [2.45, 2.75) is 32.2 Å². The summed E-state index contributed by atoms with van der Waals surface area (Å²) in [7, 11) is 0. The van der Waals surface area contributed by atoms with Crippen LogP contribution in [0.1, 0.15) is 52.5 Å². The predicted octanol–water partition coefficient (Wildman–Crippen LogP) is 1.83. The Morgan fingerprint density at radius 1 is 1.00 bits per heavy atom. The van der Waals surface area contributed by atoms with E-state index in [0.717, 1.165) is 17.5 Å². The number of amides is 3. The van der Waals surface area contributed by atoms with Crippen molar-refractivity contribution in [3.63, 3.8) is 0 Å². The average Bonchev–Trinajstić information content (AvgIpc) is 3.26. The molecule has 0 unspecified atom stereocenters. The minimum Gasteiger partial charge on any atom is -0.349 e. The number of H-pyrrole nitrogens is 1. The molecule has 0 bridgehead atoms. The molecule has 2 aromatic heterocycles. The van der Waals surface area contributed by atoms with Crippen molar-refractivity contribution in [1.29, 1.82) is 0 Å². The van der Waals surface area contributed by atoms with Crippen molar-refractivity contribution in [2.75, 3.05) is 6.54 Å². The summed E-state index contributed by atoms with van der Waals surface area (Å²) in [5, 5.41) is 2.85. The molecule has 1 aromatic carbocycles. The van der Waals surface area contributed by atoms with E-state index in [9.17, 15) is 14.4 Å². The number of aromatic nitrogens is 4. The number of rotatable bonds is 8. The van der Waals surface area contributed by atoms with Crippen LogP contribution in [0.2, 0.25) is 0 Å². The lowest BCUT2D eigenvalue weighted by molar-refractivity contribution is -0.121. The number of aromatic amines is 1. The van der Waals surface area contributed by atoms with Gasteiger partial charge in [-0.3, -0.25) is 19.3 Å². The number of nitrogens with one attached hydrogen (secondary N) is 2. The van der Waals surface area contributed by atoms with Crippen LogP contribution in [0, 0.1) is 0 Å². The highest BCUT2D eigenvalue weighted by atomic mass is 16.2. The van der Waals surface area contributed by atoms with Gasteiger partial charge in [0, 0.05) is 25.4 Å². The first-order chi connectivity index (χ1) is 14.1. The molecule has 3 aromatic rings. The Kier molecular flexibility index (Phi) is 5.28. The molecule has 2 N–H and O–H groups in total. The molecular weight excluding hydrogens is 372 g/mol. The van der Waals surface area contributed by atoms with Gasteiger partial charge in [0.05, 0.1) is 17.6 Å². The Morgan fingerprint density at radius 2 is 1.72 bits per heavy atom. The molecule has 9 nitrogen and oxygen atoms in total. The first-order valence-electron chi connectivity index (χ1n) is 9.51. The second kappa shape index (κ2) is 8.17. The maximum Gasteiger partial charge on any atom is 0.281 e. The minimum atomic E-state index is -0.401. The standard InChI is InChI=1S/C20H20N6O3/c27-16(23-12-15-24-13-6-3-4-7-14(13)25-15)8-2-1-5-11-26-19(28)17-18(20(26)29)22-10-9-21-17/h3-4,6-7,9-10H,1-2,5,8,11-12H2,(H,23,27)(H,24,25). The van der Waals surface area contributed by atoms with Crippen molar-refractivity contribution in [3.8, 4) is 0 Å². The highest BCUT2D eigenvalue weighted by molar-refractivity contribution is 6.19. The molecule has 0 saturated heterocycles. The van der Waals surface area contributed by atoms with Crippen LogP contribution in [0.15, 0.2) is 36.7 Å². The monoisotopic (exact) mass is 392 g/mol. The van der Waals surface area contributed by atoms with Crippen LogP contribution < -0.4 is 5.32 Å². The number of para-hydroxylation sites is 2. The van der Waals surface area contributed by atoms with Gasteiger partial charge in [0.15, 0.2) is 11.4 Å². The van der Waals surface area contributed by atoms with Gasteiger partial charge in [0.25, 0.3) is 11.8 Å². The summed E-state index contributed by atoms with van der Waals surface area (Å²) in [5.74, 6) is -0.143. The van der Waals surface area contributed by atoms with Crippen LogP contribution in [0.3, 0.4) is 0 Å². The van der Waals surface area contributed by atoms with Gasteiger partial charge in [-0.15, -0.1) is 0 Å². The fourth-order valence-corrected chi connectivity index (χ4v) is 3.29. The van der Waals surface area contributed by atoms with Gasteiger partial charge in [0.1, 0.15) is 5.82 Å². The summed E-state index contributed by atoms with van der Waals surface area (Å²) in [5.41, 5.74) is 2.04. The van der Waals surface area contributed by atoms with Gasteiger partial charge in [-0.05, 0) is 25.0 Å². The number of carbonyl (C=O) groups is 3. The predicted molar refractivity (Wildman–Crippen MR) is 104 cm³/mol. The van der Waals surface area contributed by atoms with E-state index in [0.29, 0.717) is 38.2 Å². The Labute approximate surface area is 166 Å². The lowest BCUT2D eigenvalue weighted by atomic mass is 10.2. The van der Waals surface area contributed by atoms with Crippen LogP contribution in [0.5, 0.6) is 0 Å². The van der Waals surface area contributed by atoms with E-state index in [4.69, 9.17) is 0 Å². The second-order valence-electron chi connectivity index (χ2n) is 6.80. The number of benzene rings is 1. The van der Waals surface area contributed by atoms with E-state index in [1.165, 1.54) is 17.3 Å². The van der Waals surface area contributed by atoms with Gasteiger partial charge in [0.2, 0.25) is 5.91 Å². The second-order valence-corrected chi connectivity index (χ2v) is 6.80. The van der Waals surface area contributed by atoms with Crippen molar-refractivity contribution >= 4 is 28.8 Å². The number of carbonyl (C=O) groups excluding carboxylic acids is 3. The summed E-state index contributed by atoms with van der Waals surface area (Å²) in [6.45, 7) is 0.652. The van der Waals surface area contributed by atoms with Gasteiger partial charge >= 0.3 is 0 Å². The van der Waals surface area contributed by atoms with Gasteiger partial charge < -0.3 is 10.3 Å².